The fourth-order valence-corrected chi connectivity index (χ4v) is 5.36. The molecule has 3 rings (SSSR count). The van der Waals surface area contributed by atoms with Crippen LogP contribution in [0.15, 0.2) is 24.4 Å². The largest absolute Gasteiger partial charge is 0.481 e. The Hall–Kier alpha value is -3.30. The van der Waals surface area contributed by atoms with Gasteiger partial charge in [-0.15, -0.1) is 0 Å². The minimum absolute atomic E-state index is 0.109. The van der Waals surface area contributed by atoms with Gasteiger partial charge in [0, 0.05) is 29.2 Å². The second-order valence-electron chi connectivity index (χ2n) is 12.6. The van der Waals surface area contributed by atoms with Gasteiger partial charge in [-0.05, 0) is 66.8 Å². The van der Waals surface area contributed by atoms with Crippen LogP contribution in [0.25, 0.3) is 5.69 Å². The van der Waals surface area contributed by atoms with Crippen LogP contribution in [-0.4, -0.2) is 46.2 Å². The molecule has 1 unspecified atom stereocenters. The average molecular weight is 592 g/mol. The van der Waals surface area contributed by atoms with Crippen molar-refractivity contribution < 1.29 is 32.7 Å². The lowest BCUT2D eigenvalue weighted by molar-refractivity contribution is -0.145. The number of rotatable bonds is 12. The van der Waals surface area contributed by atoms with Gasteiger partial charge in [-0.3, -0.25) is 14.4 Å². The number of aromatic nitrogens is 1. The Bertz CT molecular complexity index is 1290. The lowest BCUT2D eigenvalue weighted by Crippen LogP contribution is -2.46. The van der Waals surface area contributed by atoms with Crippen molar-refractivity contribution in [1.29, 1.82) is 0 Å². The van der Waals surface area contributed by atoms with E-state index in [0.717, 1.165) is 42.5 Å². The summed E-state index contributed by atoms with van der Waals surface area (Å²) in [6, 6.07) is 4.89. The fourth-order valence-electron chi connectivity index (χ4n) is 5.36. The fraction of sp³-hybridized carbons (Fsp3) is 0.594. The third-order valence-corrected chi connectivity index (χ3v) is 8.25. The number of hydrogen-bond donors (Lipinski definition) is 3. The SMILES string of the molecule is CCCCC(CC)Cc1c(C)c(C(=O)NC2CC(C(=O)O)C2)cn1-c1cc(C(=O)NCC(F)(F)F)cc(C(C)(C)C)c1. The summed E-state index contributed by atoms with van der Waals surface area (Å²) in [4.78, 5) is 37.5. The predicted molar refractivity (Wildman–Crippen MR) is 156 cm³/mol. The van der Waals surface area contributed by atoms with Gasteiger partial charge in [0.25, 0.3) is 11.8 Å². The summed E-state index contributed by atoms with van der Waals surface area (Å²) < 4.78 is 40.5. The summed E-state index contributed by atoms with van der Waals surface area (Å²) in [6.45, 7) is 10.6. The molecule has 10 heteroatoms. The van der Waals surface area contributed by atoms with Crippen LogP contribution in [-0.2, 0) is 16.6 Å². The number of aliphatic carboxylic acids is 1. The van der Waals surface area contributed by atoms with Gasteiger partial charge >= 0.3 is 12.1 Å². The van der Waals surface area contributed by atoms with Gasteiger partial charge in [0.2, 0.25) is 0 Å². The molecule has 232 valence electrons. The quantitative estimate of drug-likeness (QED) is 0.255. The number of halogens is 3. The van der Waals surface area contributed by atoms with E-state index in [9.17, 15) is 32.7 Å². The van der Waals surface area contributed by atoms with Crippen molar-refractivity contribution in [2.45, 2.75) is 104 Å². The third-order valence-electron chi connectivity index (χ3n) is 8.25. The number of amides is 2. The van der Waals surface area contributed by atoms with Crippen molar-refractivity contribution >= 4 is 17.8 Å². The van der Waals surface area contributed by atoms with Crippen molar-refractivity contribution in [2.24, 2.45) is 11.8 Å². The van der Waals surface area contributed by atoms with Crippen LogP contribution in [0, 0.1) is 18.8 Å². The van der Waals surface area contributed by atoms with Crippen LogP contribution < -0.4 is 10.6 Å². The van der Waals surface area contributed by atoms with Crippen LogP contribution in [0.2, 0.25) is 0 Å². The zero-order chi connectivity index (χ0) is 31.4. The number of carboxylic acids is 1. The number of benzene rings is 1. The highest BCUT2D eigenvalue weighted by Crippen LogP contribution is 2.32. The molecule has 1 saturated carbocycles. The van der Waals surface area contributed by atoms with Crippen molar-refractivity contribution in [3.63, 3.8) is 0 Å². The van der Waals surface area contributed by atoms with Crippen molar-refractivity contribution in [3.05, 3.63) is 52.3 Å². The molecule has 1 aromatic carbocycles. The zero-order valence-electron chi connectivity index (χ0n) is 25.5. The number of nitrogens with one attached hydrogen (secondary N) is 2. The lowest BCUT2D eigenvalue weighted by Gasteiger charge is -2.32. The summed E-state index contributed by atoms with van der Waals surface area (Å²) in [5.74, 6) is -2.08. The maximum Gasteiger partial charge on any atom is 0.405 e. The van der Waals surface area contributed by atoms with E-state index in [1.807, 2.05) is 43.6 Å². The molecule has 42 heavy (non-hydrogen) atoms. The van der Waals surface area contributed by atoms with E-state index in [4.69, 9.17) is 0 Å². The van der Waals surface area contributed by atoms with E-state index >= 15 is 0 Å². The van der Waals surface area contributed by atoms with E-state index in [0.29, 0.717) is 36.4 Å². The van der Waals surface area contributed by atoms with Gasteiger partial charge in [0.1, 0.15) is 6.54 Å². The first-order valence-corrected chi connectivity index (χ1v) is 14.8. The Morgan fingerprint density at radius 1 is 1.07 bits per heavy atom. The molecular formula is C32H44F3N3O4. The maximum absolute atomic E-state index is 13.4. The Morgan fingerprint density at radius 3 is 2.29 bits per heavy atom. The summed E-state index contributed by atoms with van der Waals surface area (Å²) in [6.07, 6.45) is 2.75. The lowest BCUT2D eigenvalue weighted by atomic mass is 9.80. The van der Waals surface area contributed by atoms with Crippen molar-refractivity contribution in [3.8, 4) is 5.69 Å². The highest BCUT2D eigenvalue weighted by atomic mass is 19.4. The molecule has 0 radical (unpaired) electrons. The first kappa shape index (κ1) is 33.2. The second kappa shape index (κ2) is 13.3. The Labute approximate surface area is 246 Å². The summed E-state index contributed by atoms with van der Waals surface area (Å²) in [7, 11) is 0. The van der Waals surface area contributed by atoms with Crippen molar-refractivity contribution in [1.82, 2.24) is 15.2 Å². The number of carbonyl (C=O) groups excluding carboxylic acids is 2. The Kier molecular flexibility index (Phi) is 10.5. The molecule has 2 aromatic rings. The first-order chi connectivity index (χ1) is 19.5. The van der Waals surface area contributed by atoms with Gasteiger partial charge in [-0.25, -0.2) is 0 Å². The van der Waals surface area contributed by atoms with Crippen LogP contribution in [0.4, 0.5) is 13.2 Å². The van der Waals surface area contributed by atoms with Gasteiger partial charge in [0.05, 0.1) is 11.5 Å². The molecule has 0 spiro atoms. The van der Waals surface area contributed by atoms with E-state index < -0.39 is 35.9 Å². The Morgan fingerprint density at radius 2 is 1.74 bits per heavy atom. The van der Waals surface area contributed by atoms with Gasteiger partial charge < -0.3 is 20.3 Å². The number of carbonyl (C=O) groups is 3. The molecule has 7 nitrogen and oxygen atoms in total. The van der Waals surface area contributed by atoms with Crippen LogP contribution in [0.1, 0.15) is 111 Å². The van der Waals surface area contributed by atoms with Gasteiger partial charge in [-0.2, -0.15) is 13.2 Å². The minimum Gasteiger partial charge on any atom is -0.481 e. The zero-order valence-corrected chi connectivity index (χ0v) is 25.5. The monoisotopic (exact) mass is 591 g/mol. The molecule has 0 aliphatic heterocycles. The van der Waals surface area contributed by atoms with Crippen LogP contribution in [0.3, 0.4) is 0 Å². The molecule has 1 fully saturated rings. The second-order valence-corrected chi connectivity index (χ2v) is 12.6. The Balaban J connectivity index is 2.08. The number of alkyl halides is 3. The highest BCUT2D eigenvalue weighted by molar-refractivity contribution is 5.97. The highest BCUT2D eigenvalue weighted by Gasteiger charge is 2.36. The number of unbranched alkanes of at least 4 members (excludes halogenated alkanes) is 1. The molecule has 1 aromatic heterocycles. The van der Waals surface area contributed by atoms with Gasteiger partial charge in [-0.1, -0.05) is 60.3 Å². The standard InChI is InChI=1S/C32H44F3N3O4/c1-7-9-10-20(8-2)11-27-19(3)26(29(40)37-24-13-22(14-24)30(41)42)17-38(27)25-15-21(12-23(16-25)31(4,5)6)28(39)36-18-32(33,34)35/h12,15-17,20,22,24H,7-11,13-14,18H2,1-6H3,(H,36,39)(H,37,40)(H,41,42). The molecule has 1 heterocycles. The van der Waals surface area contributed by atoms with E-state index in [2.05, 4.69) is 19.2 Å². The maximum atomic E-state index is 13.4. The third kappa shape index (κ3) is 8.38. The molecule has 3 N–H and O–H groups in total. The number of carboxylic acid groups (broad SMARTS) is 1. The minimum atomic E-state index is -4.54. The molecular weight excluding hydrogens is 547 g/mol. The van der Waals surface area contributed by atoms with Gasteiger partial charge in [0.15, 0.2) is 0 Å². The number of nitrogens with zero attached hydrogens (tertiary/aromatic N) is 1. The summed E-state index contributed by atoms with van der Waals surface area (Å²) in [5.41, 5.74) is 3.23. The number of hydrogen-bond acceptors (Lipinski definition) is 3. The normalized spacial score (nSPS) is 17.8. The van der Waals surface area contributed by atoms with Crippen LogP contribution in [0.5, 0.6) is 0 Å². The molecule has 0 bridgehead atoms. The van der Waals surface area contributed by atoms with Crippen LogP contribution >= 0.6 is 0 Å². The van der Waals surface area contributed by atoms with Crippen molar-refractivity contribution in [2.75, 3.05) is 6.54 Å². The van der Waals surface area contributed by atoms with E-state index in [1.54, 1.807) is 18.3 Å². The molecule has 0 saturated heterocycles. The topological polar surface area (TPSA) is 100 Å². The smallest absolute Gasteiger partial charge is 0.405 e. The molecule has 2 amide bonds. The molecule has 1 atom stereocenters. The molecule has 1 aliphatic carbocycles. The predicted octanol–water partition coefficient (Wildman–Crippen LogP) is 6.73. The van der Waals surface area contributed by atoms with E-state index in [1.165, 1.54) is 0 Å². The summed E-state index contributed by atoms with van der Waals surface area (Å²) in [5, 5.41) is 14.1. The van der Waals surface area contributed by atoms with E-state index in [-0.39, 0.29) is 17.5 Å². The summed E-state index contributed by atoms with van der Waals surface area (Å²) >= 11 is 0. The molecule has 1 aliphatic rings. The average Bonchev–Trinajstić information content (AvgIpc) is 3.21. The first-order valence-electron chi connectivity index (χ1n) is 14.8.